The number of alkyl halides is 2. The molecule has 2 heterocycles. The van der Waals surface area contributed by atoms with Crippen molar-refractivity contribution in [2.24, 2.45) is 0 Å². The second-order valence-electron chi connectivity index (χ2n) is 5.37. The molecule has 0 radical (unpaired) electrons. The summed E-state index contributed by atoms with van der Waals surface area (Å²) in [5.41, 5.74) is 1.60. The highest BCUT2D eigenvalue weighted by atomic mass is 19.3. The van der Waals surface area contributed by atoms with E-state index in [1.165, 1.54) is 6.07 Å². The van der Waals surface area contributed by atoms with Gasteiger partial charge in [-0.3, -0.25) is 0 Å². The number of piperidine rings is 1. The lowest BCUT2D eigenvalue weighted by molar-refractivity contribution is -0.0505. The van der Waals surface area contributed by atoms with Crippen LogP contribution in [0.4, 0.5) is 8.78 Å². The van der Waals surface area contributed by atoms with Crippen molar-refractivity contribution < 1.29 is 13.5 Å². The molecular formula is C15H18F2N4O. The van der Waals surface area contributed by atoms with Gasteiger partial charge in [-0.05, 0) is 25.5 Å². The maximum Gasteiger partial charge on any atom is 0.387 e. The van der Waals surface area contributed by atoms with Gasteiger partial charge in [-0.25, -0.2) is 4.68 Å². The van der Waals surface area contributed by atoms with Crippen LogP contribution in [-0.4, -0.2) is 34.7 Å². The van der Waals surface area contributed by atoms with Gasteiger partial charge >= 0.3 is 6.61 Å². The van der Waals surface area contributed by atoms with Gasteiger partial charge < -0.3 is 10.1 Å². The van der Waals surface area contributed by atoms with Crippen LogP contribution in [0.15, 0.2) is 30.5 Å². The Hall–Kier alpha value is -2.02. The summed E-state index contributed by atoms with van der Waals surface area (Å²) in [4.78, 5) is 0. The summed E-state index contributed by atoms with van der Waals surface area (Å²) in [6, 6.07) is 6.74. The zero-order chi connectivity index (χ0) is 15.4. The number of hydrogen-bond donors (Lipinski definition) is 1. The van der Waals surface area contributed by atoms with Gasteiger partial charge in [-0.1, -0.05) is 23.4 Å². The lowest BCUT2D eigenvalue weighted by Crippen LogP contribution is -2.28. The lowest BCUT2D eigenvalue weighted by Gasteiger charge is -2.20. The molecule has 1 fully saturated rings. The van der Waals surface area contributed by atoms with Gasteiger partial charge in [0.25, 0.3) is 0 Å². The minimum absolute atomic E-state index is 0.175. The number of benzene rings is 1. The van der Waals surface area contributed by atoms with Crippen LogP contribution in [0, 0.1) is 0 Å². The van der Waals surface area contributed by atoms with Gasteiger partial charge in [0, 0.05) is 24.2 Å². The fourth-order valence-corrected chi connectivity index (χ4v) is 2.70. The molecule has 0 spiro atoms. The predicted molar refractivity (Wildman–Crippen MR) is 77.0 cm³/mol. The largest absolute Gasteiger partial charge is 0.434 e. The Labute approximate surface area is 127 Å². The van der Waals surface area contributed by atoms with E-state index in [1.807, 2.05) is 6.20 Å². The SMILES string of the molecule is FC(F)Oc1ccccc1Cn1cc(C2CCCNC2)nn1. The molecule has 1 aliphatic heterocycles. The van der Waals surface area contributed by atoms with E-state index in [2.05, 4.69) is 20.4 Å². The third-order valence-electron chi connectivity index (χ3n) is 3.79. The molecule has 118 valence electrons. The van der Waals surface area contributed by atoms with E-state index < -0.39 is 6.61 Å². The van der Waals surface area contributed by atoms with Gasteiger partial charge in [0.05, 0.1) is 12.2 Å². The van der Waals surface area contributed by atoms with Crippen LogP contribution in [0.5, 0.6) is 5.75 Å². The van der Waals surface area contributed by atoms with Crippen molar-refractivity contribution >= 4 is 0 Å². The molecule has 2 aromatic rings. The van der Waals surface area contributed by atoms with Crippen LogP contribution in [0.1, 0.15) is 30.0 Å². The molecule has 1 aromatic heterocycles. The van der Waals surface area contributed by atoms with Crippen molar-refractivity contribution in [1.82, 2.24) is 20.3 Å². The first-order valence-electron chi connectivity index (χ1n) is 7.36. The number of nitrogens with one attached hydrogen (secondary N) is 1. The Morgan fingerprint density at radius 2 is 2.23 bits per heavy atom. The fourth-order valence-electron chi connectivity index (χ4n) is 2.70. The number of ether oxygens (including phenoxy) is 1. The van der Waals surface area contributed by atoms with Gasteiger partial charge in [0.2, 0.25) is 0 Å². The zero-order valence-corrected chi connectivity index (χ0v) is 12.1. The van der Waals surface area contributed by atoms with E-state index in [9.17, 15) is 8.78 Å². The second kappa shape index (κ2) is 6.83. The Bertz CT molecular complexity index is 611. The second-order valence-corrected chi connectivity index (χ2v) is 5.37. The highest BCUT2D eigenvalue weighted by molar-refractivity contribution is 5.33. The summed E-state index contributed by atoms with van der Waals surface area (Å²) in [6.07, 6.45) is 4.11. The molecule has 1 N–H and O–H groups in total. The summed E-state index contributed by atoms with van der Waals surface area (Å²) in [5, 5.41) is 11.7. The van der Waals surface area contributed by atoms with Crippen molar-refractivity contribution in [3.8, 4) is 5.75 Å². The first-order chi connectivity index (χ1) is 10.7. The molecule has 1 atom stereocenters. The lowest BCUT2D eigenvalue weighted by atomic mass is 9.97. The topological polar surface area (TPSA) is 52.0 Å². The van der Waals surface area contributed by atoms with Crippen molar-refractivity contribution in [3.05, 3.63) is 41.7 Å². The van der Waals surface area contributed by atoms with Crippen molar-refractivity contribution in [2.75, 3.05) is 13.1 Å². The fraction of sp³-hybridized carbons (Fsp3) is 0.467. The third-order valence-corrected chi connectivity index (χ3v) is 3.79. The van der Waals surface area contributed by atoms with Gasteiger partial charge in [0.1, 0.15) is 5.75 Å². The van der Waals surface area contributed by atoms with Crippen molar-refractivity contribution in [2.45, 2.75) is 31.9 Å². The van der Waals surface area contributed by atoms with Crippen LogP contribution in [0.25, 0.3) is 0 Å². The van der Waals surface area contributed by atoms with E-state index in [0.717, 1.165) is 31.6 Å². The Morgan fingerprint density at radius 3 is 3.00 bits per heavy atom. The van der Waals surface area contributed by atoms with Gasteiger partial charge in [-0.2, -0.15) is 8.78 Å². The molecule has 1 aliphatic rings. The standard InChI is InChI=1S/C15H18F2N4O/c16-15(17)22-14-6-2-1-4-12(14)9-21-10-13(19-20-21)11-5-3-7-18-8-11/h1-2,4,6,10-11,15,18H,3,5,7-9H2. The monoisotopic (exact) mass is 308 g/mol. The molecule has 0 aliphatic carbocycles. The zero-order valence-electron chi connectivity index (χ0n) is 12.1. The van der Waals surface area contributed by atoms with Crippen LogP contribution in [0.3, 0.4) is 0 Å². The van der Waals surface area contributed by atoms with E-state index in [1.54, 1.807) is 22.9 Å². The Balaban J connectivity index is 1.72. The van der Waals surface area contributed by atoms with Crippen LogP contribution in [-0.2, 0) is 6.54 Å². The quantitative estimate of drug-likeness (QED) is 0.921. The minimum atomic E-state index is -2.83. The molecule has 0 saturated carbocycles. The van der Waals surface area contributed by atoms with E-state index in [0.29, 0.717) is 18.0 Å². The highest BCUT2D eigenvalue weighted by Crippen LogP contribution is 2.23. The molecule has 7 heteroatoms. The molecule has 1 unspecified atom stereocenters. The number of nitrogens with zero attached hydrogens (tertiary/aromatic N) is 3. The first-order valence-corrected chi connectivity index (χ1v) is 7.36. The van der Waals surface area contributed by atoms with Gasteiger partial charge in [0.15, 0.2) is 0 Å². The molecule has 5 nitrogen and oxygen atoms in total. The van der Waals surface area contributed by atoms with E-state index in [-0.39, 0.29) is 5.75 Å². The first kappa shape index (κ1) is 14.9. The maximum absolute atomic E-state index is 12.4. The number of hydrogen-bond acceptors (Lipinski definition) is 4. The van der Waals surface area contributed by atoms with Crippen LogP contribution in [0.2, 0.25) is 0 Å². The molecule has 22 heavy (non-hydrogen) atoms. The smallest absolute Gasteiger partial charge is 0.387 e. The predicted octanol–water partition coefficient (Wildman–Crippen LogP) is 2.39. The molecular weight excluding hydrogens is 290 g/mol. The molecule has 1 saturated heterocycles. The normalized spacial score (nSPS) is 18.6. The van der Waals surface area contributed by atoms with Crippen molar-refractivity contribution in [3.63, 3.8) is 0 Å². The third kappa shape index (κ3) is 3.59. The molecule has 3 rings (SSSR count). The molecule has 1 aromatic carbocycles. The van der Waals surface area contributed by atoms with E-state index >= 15 is 0 Å². The molecule has 0 bridgehead atoms. The highest BCUT2D eigenvalue weighted by Gasteiger charge is 2.18. The Kier molecular flexibility index (Phi) is 4.62. The summed E-state index contributed by atoms with van der Waals surface area (Å²) < 4.78 is 31.0. The molecule has 0 amide bonds. The van der Waals surface area contributed by atoms with Crippen molar-refractivity contribution in [1.29, 1.82) is 0 Å². The van der Waals surface area contributed by atoms with E-state index in [4.69, 9.17) is 0 Å². The number of aromatic nitrogens is 3. The van der Waals surface area contributed by atoms with Gasteiger partial charge in [-0.15, -0.1) is 5.10 Å². The number of para-hydroxylation sites is 1. The Morgan fingerprint density at radius 1 is 1.36 bits per heavy atom. The summed E-state index contributed by atoms with van der Waals surface area (Å²) >= 11 is 0. The number of halogens is 2. The summed E-state index contributed by atoms with van der Waals surface area (Å²) in [5.74, 6) is 0.545. The van der Waals surface area contributed by atoms with Crippen LogP contribution >= 0.6 is 0 Å². The average molecular weight is 308 g/mol. The number of rotatable bonds is 5. The average Bonchev–Trinajstić information content (AvgIpc) is 2.98. The summed E-state index contributed by atoms with van der Waals surface area (Å²) in [6.45, 7) is -0.524. The minimum Gasteiger partial charge on any atom is -0.434 e. The maximum atomic E-state index is 12.4. The van der Waals surface area contributed by atoms with Crippen LogP contribution < -0.4 is 10.1 Å². The summed E-state index contributed by atoms with van der Waals surface area (Å²) in [7, 11) is 0.